The summed E-state index contributed by atoms with van der Waals surface area (Å²) in [7, 11) is 0. The number of aliphatic hydroxyl groups is 1. The monoisotopic (exact) mass is 718 g/mol. The SMILES string of the molecule is CC1(C)C(O)CCC2(C)C1CCC1(C)C2CCC2C3CCCC3(C(=O)NCc3cc(C(=O)NCc4cccc(C(=O)O)c4F)ccc3F)CC[C@]21C. The quantitative estimate of drug-likeness (QED) is 0.230. The van der Waals surface area contributed by atoms with Crippen LogP contribution in [0.1, 0.15) is 137 Å². The zero-order valence-electron chi connectivity index (χ0n) is 31.4. The Kier molecular flexibility index (Phi) is 9.19. The Balaban J connectivity index is 1.05. The van der Waals surface area contributed by atoms with Crippen LogP contribution in [0.5, 0.6) is 0 Å². The molecule has 2 aromatic rings. The number of amides is 2. The van der Waals surface area contributed by atoms with Gasteiger partial charge < -0.3 is 20.8 Å². The number of carbonyl (C=O) groups excluding carboxylic acids is 2. The van der Waals surface area contributed by atoms with Crippen molar-refractivity contribution in [2.24, 2.45) is 50.7 Å². The molecular formula is C43H56F2N2O5. The van der Waals surface area contributed by atoms with Crippen molar-refractivity contribution in [1.82, 2.24) is 10.6 Å². The molecule has 5 saturated carbocycles. The molecule has 0 radical (unpaired) electrons. The average Bonchev–Trinajstić information content (AvgIpc) is 3.55. The molecule has 0 saturated heterocycles. The van der Waals surface area contributed by atoms with E-state index in [2.05, 4.69) is 45.3 Å². The van der Waals surface area contributed by atoms with Crippen LogP contribution in [0.15, 0.2) is 36.4 Å². The van der Waals surface area contributed by atoms with Crippen LogP contribution >= 0.6 is 0 Å². The highest BCUT2D eigenvalue weighted by atomic mass is 19.1. The summed E-state index contributed by atoms with van der Waals surface area (Å²) in [5.41, 5.74) is -0.177. The Hall–Kier alpha value is -3.33. The molecule has 5 fully saturated rings. The molecule has 4 N–H and O–H groups in total. The number of rotatable bonds is 7. The van der Waals surface area contributed by atoms with Crippen molar-refractivity contribution >= 4 is 17.8 Å². The van der Waals surface area contributed by atoms with Crippen molar-refractivity contribution in [3.05, 3.63) is 70.3 Å². The molecule has 0 aliphatic heterocycles. The van der Waals surface area contributed by atoms with Gasteiger partial charge in [-0.2, -0.15) is 0 Å². The van der Waals surface area contributed by atoms with Crippen LogP contribution < -0.4 is 10.6 Å². The summed E-state index contributed by atoms with van der Waals surface area (Å²) >= 11 is 0. The Morgan fingerprint density at radius 1 is 0.769 bits per heavy atom. The molecule has 5 aliphatic carbocycles. The second-order valence-corrected chi connectivity index (χ2v) is 18.5. The Labute approximate surface area is 306 Å². The summed E-state index contributed by atoms with van der Waals surface area (Å²) in [5.74, 6) is -1.58. The van der Waals surface area contributed by atoms with Crippen molar-refractivity contribution in [2.45, 2.75) is 124 Å². The van der Waals surface area contributed by atoms with E-state index in [0.717, 1.165) is 63.9 Å². The van der Waals surface area contributed by atoms with Gasteiger partial charge in [0.15, 0.2) is 0 Å². The second-order valence-electron chi connectivity index (χ2n) is 18.5. The normalized spacial score (nSPS) is 37.5. The van der Waals surface area contributed by atoms with Crippen molar-refractivity contribution in [3.8, 4) is 0 Å². The van der Waals surface area contributed by atoms with E-state index >= 15 is 4.39 Å². The summed E-state index contributed by atoms with van der Waals surface area (Å²) < 4.78 is 29.7. The number of carboxylic acid groups (broad SMARTS) is 1. The first-order chi connectivity index (χ1) is 24.5. The van der Waals surface area contributed by atoms with Gasteiger partial charge in [-0.1, -0.05) is 53.2 Å². The van der Waals surface area contributed by atoms with Gasteiger partial charge in [0.25, 0.3) is 5.91 Å². The maximum absolute atomic E-state index is 15.1. The molecule has 0 aromatic heterocycles. The van der Waals surface area contributed by atoms with Crippen LogP contribution in [0.4, 0.5) is 8.78 Å². The van der Waals surface area contributed by atoms with E-state index in [-0.39, 0.29) is 69.4 Å². The first kappa shape index (κ1) is 37.0. The van der Waals surface area contributed by atoms with Crippen LogP contribution in [0.3, 0.4) is 0 Å². The van der Waals surface area contributed by atoms with Gasteiger partial charge in [0.05, 0.1) is 17.1 Å². The highest BCUT2D eigenvalue weighted by Crippen LogP contribution is 2.76. The van der Waals surface area contributed by atoms with Crippen molar-refractivity contribution in [2.75, 3.05) is 0 Å². The minimum absolute atomic E-state index is 0.00828. The minimum Gasteiger partial charge on any atom is -0.478 e. The van der Waals surface area contributed by atoms with Crippen LogP contribution in [0.25, 0.3) is 0 Å². The minimum atomic E-state index is -1.40. The zero-order valence-corrected chi connectivity index (χ0v) is 31.4. The molecule has 0 bridgehead atoms. The van der Waals surface area contributed by atoms with Gasteiger partial charge in [-0.05, 0) is 134 Å². The topological polar surface area (TPSA) is 116 Å². The molecule has 7 rings (SSSR count). The highest BCUT2D eigenvalue weighted by molar-refractivity contribution is 5.94. The maximum Gasteiger partial charge on any atom is 0.338 e. The van der Waals surface area contributed by atoms with Gasteiger partial charge >= 0.3 is 5.97 Å². The van der Waals surface area contributed by atoms with E-state index in [4.69, 9.17) is 0 Å². The molecule has 7 nitrogen and oxygen atoms in total. The van der Waals surface area contributed by atoms with Gasteiger partial charge in [0.2, 0.25) is 5.91 Å². The third-order valence-corrected chi connectivity index (χ3v) is 16.3. The number of carboxylic acids is 1. The van der Waals surface area contributed by atoms with Gasteiger partial charge in [0.1, 0.15) is 11.6 Å². The summed E-state index contributed by atoms with van der Waals surface area (Å²) in [5, 5.41) is 25.9. The molecule has 9 atom stereocenters. The van der Waals surface area contributed by atoms with Crippen molar-refractivity contribution in [3.63, 3.8) is 0 Å². The van der Waals surface area contributed by atoms with Crippen molar-refractivity contribution < 1.29 is 33.4 Å². The first-order valence-corrected chi connectivity index (χ1v) is 19.5. The van der Waals surface area contributed by atoms with Crippen LogP contribution in [-0.2, 0) is 17.9 Å². The summed E-state index contributed by atoms with van der Waals surface area (Å²) in [4.78, 5) is 38.6. The summed E-state index contributed by atoms with van der Waals surface area (Å²) in [6.45, 7) is 11.9. The number of hydrogen-bond acceptors (Lipinski definition) is 4. The lowest BCUT2D eigenvalue weighted by Crippen LogP contribution is -2.67. The third-order valence-electron chi connectivity index (χ3n) is 16.3. The molecule has 52 heavy (non-hydrogen) atoms. The molecule has 282 valence electrons. The largest absolute Gasteiger partial charge is 0.478 e. The average molecular weight is 719 g/mol. The molecule has 0 spiro atoms. The third kappa shape index (κ3) is 5.45. The predicted octanol–water partition coefficient (Wildman–Crippen LogP) is 8.43. The standard InChI is InChI=1S/C43H56F2N2O5/c1-39(2)32-15-19-42(5)33(40(32,3)18-16-34(39)48)14-12-29-30-10-7-17-43(30,21-20-41(29,42)4)38(52)47-24-27-22-25(11-13-31(27)44)36(49)46-23-26-8-6-9-28(35(26)45)37(50)51/h6,8-9,11,13,22,29-30,32-34,48H,7,10,12,14-21,23-24H2,1-5H3,(H,46,49)(H,47,52)(H,50,51)/t29?,30?,32?,33?,34?,40?,41-,42?,43?/m1/s1. The molecule has 0 heterocycles. The molecule has 5 aliphatic rings. The van der Waals surface area contributed by atoms with E-state index in [9.17, 15) is 29.0 Å². The number of carbonyl (C=O) groups is 3. The van der Waals surface area contributed by atoms with E-state index in [1.807, 2.05) is 0 Å². The number of hydrogen-bond donors (Lipinski definition) is 4. The number of fused-ring (bicyclic) bond motifs is 7. The van der Waals surface area contributed by atoms with E-state index in [0.29, 0.717) is 17.8 Å². The number of nitrogens with one attached hydrogen (secondary N) is 2. The fourth-order valence-corrected chi connectivity index (χ4v) is 13.3. The Bertz CT molecular complexity index is 1780. The smallest absolute Gasteiger partial charge is 0.338 e. The van der Waals surface area contributed by atoms with Crippen LogP contribution in [-0.4, -0.2) is 34.1 Å². The van der Waals surface area contributed by atoms with Gasteiger partial charge in [0, 0.05) is 29.8 Å². The second kappa shape index (κ2) is 12.9. The Morgan fingerprint density at radius 2 is 1.52 bits per heavy atom. The van der Waals surface area contributed by atoms with Gasteiger partial charge in [-0.15, -0.1) is 0 Å². The van der Waals surface area contributed by atoms with Crippen LogP contribution in [0.2, 0.25) is 0 Å². The maximum atomic E-state index is 15.1. The van der Waals surface area contributed by atoms with E-state index in [1.54, 1.807) is 0 Å². The molecule has 9 heteroatoms. The van der Waals surface area contributed by atoms with E-state index < -0.39 is 34.5 Å². The molecule has 8 unspecified atom stereocenters. The lowest BCUT2D eigenvalue weighted by Gasteiger charge is -2.72. The van der Waals surface area contributed by atoms with Gasteiger partial charge in [-0.3, -0.25) is 9.59 Å². The molecular weight excluding hydrogens is 662 g/mol. The van der Waals surface area contributed by atoms with E-state index in [1.165, 1.54) is 43.2 Å². The fourth-order valence-electron chi connectivity index (χ4n) is 13.3. The fraction of sp³-hybridized carbons (Fsp3) is 0.651. The number of benzene rings is 2. The molecule has 2 amide bonds. The van der Waals surface area contributed by atoms with Crippen molar-refractivity contribution in [1.29, 1.82) is 0 Å². The van der Waals surface area contributed by atoms with Gasteiger partial charge in [-0.25, -0.2) is 13.6 Å². The summed E-state index contributed by atoms with van der Waals surface area (Å²) in [6, 6.07) is 7.93. The number of aliphatic hydroxyl groups excluding tert-OH is 1. The predicted molar refractivity (Wildman–Crippen MR) is 194 cm³/mol. The molecule has 2 aromatic carbocycles. The van der Waals surface area contributed by atoms with Crippen LogP contribution in [0, 0.1) is 62.4 Å². The zero-order chi connectivity index (χ0) is 37.4. The summed E-state index contributed by atoms with van der Waals surface area (Å²) in [6.07, 6.45) is 11.0. The number of halogens is 2. The first-order valence-electron chi connectivity index (χ1n) is 19.5. The lowest BCUT2D eigenvalue weighted by atomic mass is 9.32. The number of aromatic carboxylic acids is 1. The highest BCUT2D eigenvalue weighted by Gasteiger charge is 2.70. The Morgan fingerprint density at radius 3 is 2.27 bits per heavy atom. The lowest BCUT2D eigenvalue weighted by molar-refractivity contribution is -0.244.